The average molecular weight is 365 g/mol. The normalized spacial score (nSPS) is 17.4. The Morgan fingerprint density at radius 1 is 1.38 bits per heavy atom. The van der Waals surface area contributed by atoms with E-state index in [4.69, 9.17) is 5.73 Å². The Balaban J connectivity index is 2.04. The van der Waals surface area contributed by atoms with Gasteiger partial charge in [-0.2, -0.15) is 0 Å². The molecule has 134 valence electrons. The first-order chi connectivity index (χ1) is 11.0. The van der Waals surface area contributed by atoms with Gasteiger partial charge in [-0.25, -0.2) is 8.42 Å². The van der Waals surface area contributed by atoms with Crippen molar-refractivity contribution in [1.29, 1.82) is 0 Å². The van der Waals surface area contributed by atoms with Gasteiger partial charge >= 0.3 is 6.36 Å². The second-order valence-electron chi connectivity index (χ2n) is 5.94. The number of nitrogens with one attached hydrogen (secondary N) is 1. The van der Waals surface area contributed by atoms with E-state index in [2.05, 4.69) is 15.0 Å². The number of aliphatic imine (C=N–C) groups is 1. The molecule has 0 heterocycles. The van der Waals surface area contributed by atoms with Crippen LogP contribution in [0.15, 0.2) is 29.3 Å². The molecule has 2 rings (SSSR count). The van der Waals surface area contributed by atoms with Gasteiger partial charge in [-0.15, -0.1) is 13.2 Å². The number of guanidine groups is 1. The zero-order chi connectivity index (χ0) is 18.0. The summed E-state index contributed by atoms with van der Waals surface area (Å²) in [6.45, 7) is 0.196. The van der Waals surface area contributed by atoms with Crippen LogP contribution in [0.1, 0.15) is 12.8 Å². The number of hydrogen-bond acceptors (Lipinski definition) is 4. The van der Waals surface area contributed by atoms with Crippen molar-refractivity contribution in [3.8, 4) is 5.75 Å². The van der Waals surface area contributed by atoms with E-state index in [0.29, 0.717) is 0 Å². The average Bonchev–Trinajstić information content (AvgIpc) is 3.15. The van der Waals surface area contributed by atoms with Gasteiger partial charge in [0.15, 0.2) is 11.7 Å². The molecule has 0 amide bonds. The molecule has 0 aromatic heterocycles. The summed E-state index contributed by atoms with van der Waals surface area (Å²) in [5.41, 5.74) is 5.29. The molecule has 24 heavy (non-hydrogen) atoms. The van der Waals surface area contributed by atoms with Crippen LogP contribution in [0.2, 0.25) is 0 Å². The van der Waals surface area contributed by atoms with Crippen LogP contribution in [0.3, 0.4) is 0 Å². The van der Waals surface area contributed by atoms with Crippen molar-refractivity contribution in [3.63, 3.8) is 0 Å². The standard InChI is InChI=1S/C14H18F3N3O3S/c1-24(21,22)9-13(6-7-13)8-19-12(18)20-10-4-2-3-5-11(10)23-14(15,16)17/h2-5H,6-9H2,1H3,(H3,18,19,20). The van der Waals surface area contributed by atoms with Crippen molar-refractivity contribution < 1.29 is 26.3 Å². The van der Waals surface area contributed by atoms with Crippen LogP contribution >= 0.6 is 0 Å². The van der Waals surface area contributed by atoms with E-state index in [1.54, 1.807) is 0 Å². The van der Waals surface area contributed by atoms with Gasteiger partial charge in [0.1, 0.15) is 9.84 Å². The number of alkyl halides is 3. The molecule has 0 spiro atoms. The van der Waals surface area contributed by atoms with Crippen molar-refractivity contribution in [3.05, 3.63) is 24.3 Å². The molecule has 1 aliphatic carbocycles. The number of para-hydroxylation sites is 2. The molecule has 1 saturated carbocycles. The van der Waals surface area contributed by atoms with Gasteiger partial charge in [-0.05, 0) is 25.0 Å². The Morgan fingerprint density at radius 3 is 2.54 bits per heavy atom. The third-order valence-corrected chi connectivity index (χ3v) is 4.62. The van der Waals surface area contributed by atoms with Crippen LogP contribution in [0.5, 0.6) is 5.75 Å². The molecule has 1 fully saturated rings. The Hall–Kier alpha value is -1.97. The number of sulfone groups is 1. The van der Waals surface area contributed by atoms with E-state index >= 15 is 0 Å². The van der Waals surface area contributed by atoms with E-state index in [-0.39, 0.29) is 23.9 Å². The predicted octanol–water partition coefficient (Wildman–Crippen LogP) is 2.14. The molecule has 0 radical (unpaired) electrons. The van der Waals surface area contributed by atoms with Gasteiger partial charge < -0.3 is 15.8 Å². The van der Waals surface area contributed by atoms with Crippen molar-refractivity contribution in [2.45, 2.75) is 19.2 Å². The number of rotatable bonds is 6. The summed E-state index contributed by atoms with van der Waals surface area (Å²) in [5.74, 6) is -0.515. The molecule has 0 saturated heterocycles. The van der Waals surface area contributed by atoms with E-state index in [1.165, 1.54) is 18.2 Å². The highest BCUT2D eigenvalue weighted by atomic mass is 32.2. The van der Waals surface area contributed by atoms with Gasteiger partial charge in [-0.3, -0.25) is 4.99 Å². The smallest absolute Gasteiger partial charge is 0.404 e. The largest absolute Gasteiger partial charge is 0.573 e. The molecular formula is C14H18F3N3O3S. The Kier molecular flexibility index (Phi) is 4.97. The quantitative estimate of drug-likeness (QED) is 0.595. The van der Waals surface area contributed by atoms with Crippen LogP contribution < -0.4 is 15.8 Å². The predicted molar refractivity (Wildman–Crippen MR) is 84.6 cm³/mol. The third-order valence-electron chi connectivity index (χ3n) is 3.49. The van der Waals surface area contributed by atoms with E-state index in [0.717, 1.165) is 25.2 Å². The van der Waals surface area contributed by atoms with Crippen molar-refractivity contribution in [2.24, 2.45) is 16.1 Å². The Morgan fingerprint density at radius 2 is 2.00 bits per heavy atom. The van der Waals surface area contributed by atoms with Gasteiger partial charge in [0.2, 0.25) is 0 Å². The molecule has 0 atom stereocenters. The number of nitrogens with zero attached hydrogens (tertiary/aromatic N) is 1. The summed E-state index contributed by atoms with van der Waals surface area (Å²) in [5, 5.41) is 2.55. The number of ether oxygens (including phenoxy) is 1. The highest BCUT2D eigenvalue weighted by Crippen LogP contribution is 2.46. The van der Waals surface area contributed by atoms with Gasteiger partial charge in [0, 0.05) is 18.2 Å². The van der Waals surface area contributed by atoms with Crippen LogP contribution in [-0.4, -0.2) is 39.3 Å². The molecule has 3 N–H and O–H groups in total. The minimum Gasteiger partial charge on any atom is -0.404 e. The van der Waals surface area contributed by atoms with Gasteiger partial charge in [-0.1, -0.05) is 12.1 Å². The van der Waals surface area contributed by atoms with E-state index in [1.807, 2.05) is 0 Å². The Labute approximate surface area is 137 Å². The Bertz CT molecular complexity index is 728. The second-order valence-corrected chi connectivity index (χ2v) is 8.08. The first-order valence-electron chi connectivity index (χ1n) is 7.08. The highest BCUT2D eigenvalue weighted by molar-refractivity contribution is 7.90. The maximum atomic E-state index is 12.4. The first kappa shape index (κ1) is 18.4. The van der Waals surface area contributed by atoms with Crippen molar-refractivity contribution in [1.82, 2.24) is 0 Å². The lowest BCUT2D eigenvalue weighted by atomic mass is 10.1. The van der Waals surface area contributed by atoms with Gasteiger partial charge in [0.05, 0.1) is 11.4 Å². The fourth-order valence-corrected chi connectivity index (χ4v) is 3.79. The highest BCUT2D eigenvalue weighted by Gasteiger charge is 2.45. The first-order valence-corrected chi connectivity index (χ1v) is 9.14. The summed E-state index contributed by atoms with van der Waals surface area (Å²) in [6, 6.07) is 5.43. The SMILES string of the molecule is CS(=O)(=O)CC1(CN=C(N)Nc2ccccc2OC(F)(F)F)CC1. The van der Waals surface area contributed by atoms with Crippen molar-refractivity contribution in [2.75, 3.05) is 23.9 Å². The minimum atomic E-state index is -4.82. The topological polar surface area (TPSA) is 93.8 Å². The zero-order valence-electron chi connectivity index (χ0n) is 12.9. The number of hydrogen-bond donors (Lipinski definition) is 2. The molecule has 1 aromatic carbocycles. The monoisotopic (exact) mass is 365 g/mol. The molecule has 10 heteroatoms. The maximum Gasteiger partial charge on any atom is 0.573 e. The number of halogens is 3. The summed E-state index contributed by atoms with van der Waals surface area (Å²) >= 11 is 0. The fourth-order valence-electron chi connectivity index (χ4n) is 2.30. The summed E-state index contributed by atoms with van der Waals surface area (Å²) in [6.07, 6.45) is -2.21. The van der Waals surface area contributed by atoms with Crippen LogP contribution in [-0.2, 0) is 9.84 Å². The summed E-state index contributed by atoms with van der Waals surface area (Å²) < 4.78 is 63.7. The van der Waals surface area contributed by atoms with E-state index < -0.39 is 27.4 Å². The fraction of sp³-hybridized carbons (Fsp3) is 0.500. The van der Waals surface area contributed by atoms with Crippen LogP contribution in [0.25, 0.3) is 0 Å². The maximum absolute atomic E-state index is 12.4. The lowest BCUT2D eigenvalue weighted by molar-refractivity contribution is -0.274. The van der Waals surface area contributed by atoms with Crippen molar-refractivity contribution >= 4 is 21.5 Å². The van der Waals surface area contributed by atoms with E-state index in [9.17, 15) is 21.6 Å². The minimum absolute atomic E-state index is 0.0176. The van der Waals surface area contributed by atoms with Crippen LogP contribution in [0.4, 0.5) is 18.9 Å². The molecule has 0 aliphatic heterocycles. The molecule has 1 aliphatic rings. The van der Waals surface area contributed by atoms with Crippen LogP contribution in [0, 0.1) is 5.41 Å². The van der Waals surface area contributed by atoms with Gasteiger partial charge in [0.25, 0.3) is 0 Å². The molecule has 1 aromatic rings. The summed E-state index contributed by atoms with van der Waals surface area (Å²) in [7, 11) is -3.13. The number of benzene rings is 1. The molecular weight excluding hydrogens is 347 g/mol. The zero-order valence-corrected chi connectivity index (χ0v) is 13.7. The lowest BCUT2D eigenvalue weighted by Gasteiger charge is -2.15. The molecule has 0 unspecified atom stereocenters. The lowest BCUT2D eigenvalue weighted by Crippen LogP contribution is -2.27. The molecule has 0 bridgehead atoms. The second kappa shape index (κ2) is 6.50. The number of anilines is 1. The molecule has 6 nitrogen and oxygen atoms in total. The number of nitrogens with two attached hydrogens (primary N) is 1. The summed E-state index contributed by atoms with van der Waals surface area (Å²) in [4.78, 5) is 4.06. The third kappa shape index (κ3) is 5.91.